The first-order chi connectivity index (χ1) is 13.4. The Morgan fingerprint density at radius 3 is 2.39 bits per heavy atom. The fourth-order valence-corrected chi connectivity index (χ4v) is 3.83. The van der Waals surface area contributed by atoms with Crippen molar-refractivity contribution in [3.05, 3.63) is 23.2 Å². The molecule has 0 unspecified atom stereocenters. The van der Waals surface area contributed by atoms with Crippen molar-refractivity contribution in [2.24, 2.45) is 5.92 Å². The van der Waals surface area contributed by atoms with Crippen molar-refractivity contribution in [2.75, 3.05) is 26.2 Å². The number of amides is 2. The molecule has 2 heterocycles. The first-order valence-electron chi connectivity index (χ1n) is 10.2. The lowest BCUT2D eigenvalue weighted by Gasteiger charge is -2.31. The molecule has 0 N–H and O–H groups in total. The highest BCUT2D eigenvalue weighted by Crippen LogP contribution is 2.30. The minimum absolute atomic E-state index is 0.0425. The number of hydrogen-bond donors (Lipinski definition) is 0. The van der Waals surface area contributed by atoms with Crippen LogP contribution in [0.5, 0.6) is 0 Å². The number of esters is 1. The monoisotopic (exact) mass is 390 g/mol. The Bertz CT molecular complexity index is 729. The van der Waals surface area contributed by atoms with Crippen molar-refractivity contribution >= 4 is 17.8 Å². The minimum Gasteiger partial charge on any atom is -0.466 e. The van der Waals surface area contributed by atoms with E-state index in [0.717, 1.165) is 18.6 Å². The highest BCUT2D eigenvalue weighted by atomic mass is 16.5. The number of aryl methyl sites for hydroxylation is 2. The molecule has 0 atom stereocenters. The summed E-state index contributed by atoms with van der Waals surface area (Å²) >= 11 is 0. The molecule has 7 heteroatoms. The van der Waals surface area contributed by atoms with Crippen LogP contribution in [0.15, 0.2) is 10.5 Å². The third kappa shape index (κ3) is 4.75. The fourth-order valence-electron chi connectivity index (χ4n) is 3.83. The quantitative estimate of drug-likeness (QED) is 0.669. The second-order valence-corrected chi connectivity index (χ2v) is 7.71. The van der Waals surface area contributed by atoms with Gasteiger partial charge in [0.25, 0.3) is 5.91 Å². The average Bonchev–Trinajstić information content (AvgIpc) is 3.45. The van der Waals surface area contributed by atoms with Gasteiger partial charge in [0.05, 0.1) is 18.1 Å². The molecule has 1 aromatic rings. The molecule has 2 aliphatic rings. The van der Waals surface area contributed by atoms with Gasteiger partial charge in [-0.1, -0.05) is 0 Å². The molecule has 2 fully saturated rings. The molecule has 2 amide bonds. The molecule has 0 radical (unpaired) electrons. The van der Waals surface area contributed by atoms with Crippen molar-refractivity contribution in [3.63, 3.8) is 0 Å². The van der Waals surface area contributed by atoms with Crippen LogP contribution in [-0.4, -0.2) is 59.9 Å². The topological polar surface area (TPSA) is 80.1 Å². The number of carbonyl (C=O) groups is 3. The van der Waals surface area contributed by atoms with Crippen LogP contribution in [0.1, 0.15) is 60.9 Å². The van der Waals surface area contributed by atoms with Crippen molar-refractivity contribution in [1.82, 2.24) is 9.80 Å². The smallest absolute Gasteiger partial charge is 0.309 e. The number of carbonyl (C=O) groups excluding carboxylic acids is 3. The van der Waals surface area contributed by atoms with Gasteiger partial charge in [-0.15, -0.1) is 0 Å². The number of furan rings is 1. The molecular formula is C21H30N2O5. The summed E-state index contributed by atoms with van der Waals surface area (Å²) in [4.78, 5) is 41.0. The summed E-state index contributed by atoms with van der Waals surface area (Å²) in [5, 5.41) is 0. The molecule has 0 spiro atoms. The molecule has 3 rings (SSSR count). The van der Waals surface area contributed by atoms with Gasteiger partial charge >= 0.3 is 5.97 Å². The summed E-state index contributed by atoms with van der Waals surface area (Å²) in [5.41, 5.74) is 0.590. The number of ether oxygens (including phenoxy) is 1. The van der Waals surface area contributed by atoms with Gasteiger partial charge in [0, 0.05) is 32.1 Å². The van der Waals surface area contributed by atoms with Crippen LogP contribution >= 0.6 is 0 Å². The first-order valence-corrected chi connectivity index (χ1v) is 10.2. The lowest BCUT2D eigenvalue weighted by Crippen LogP contribution is -2.42. The predicted octanol–water partition coefficient (Wildman–Crippen LogP) is 2.69. The molecule has 0 aromatic carbocycles. The maximum atomic E-state index is 12.9. The fraction of sp³-hybridized carbons (Fsp3) is 0.667. The lowest BCUT2D eigenvalue weighted by molar-refractivity contribution is -0.151. The zero-order valence-electron chi connectivity index (χ0n) is 17.0. The molecule has 28 heavy (non-hydrogen) atoms. The summed E-state index contributed by atoms with van der Waals surface area (Å²) in [5.74, 6) is 1.07. The van der Waals surface area contributed by atoms with Gasteiger partial charge in [0.2, 0.25) is 5.91 Å². The average molecular weight is 390 g/mol. The third-order valence-corrected chi connectivity index (χ3v) is 5.55. The Hall–Kier alpha value is -2.31. The molecule has 7 nitrogen and oxygen atoms in total. The van der Waals surface area contributed by atoms with Gasteiger partial charge in [-0.2, -0.15) is 0 Å². The van der Waals surface area contributed by atoms with E-state index in [0.29, 0.717) is 56.8 Å². The van der Waals surface area contributed by atoms with Crippen molar-refractivity contribution in [1.29, 1.82) is 0 Å². The number of rotatable bonds is 7. The maximum absolute atomic E-state index is 12.9. The lowest BCUT2D eigenvalue weighted by atomic mass is 9.97. The molecule has 1 saturated heterocycles. The van der Waals surface area contributed by atoms with Crippen LogP contribution in [-0.2, 0) is 14.3 Å². The SMILES string of the molecule is CCOC(=O)C1CCN(C(=O)CCN(C(=O)c2cc(C)oc2C)C2CC2)CC1. The van der Waals surface area contributed by atoms with E-state index < -0.39 is 0 Å². The van der Waals surface area contributed by atoms with Gasteiger partial charge in [0.15, 0.2) is 0 Å². The van der Waals surface area contributed by atoms with Crippen LogP contribution < -0.4 is 0 Å². The van der Waals surface area contributed by atoms with Crippen LogP contribution in [0.3, 0.4) is 0 Å². The number of hydrogen-bond acceptors (Lipinski definition) is 5. The van der Waals surface area contributed by atoms with Gasteiger partial charge < -0.3 is 19.0 Å². The molecule has 1 aromatic heterocycles. The number of piperidine rings is 1. The summed E-state index contributed by atoms with van der Waals surface area (Å²) in [6.07, 6.45) is 3.57. The maximum Gasteiger partial charge on any atom is 0.309 e. The Kier molecular flexibility index (Phi) is 6.42. The van der Waals surface area contributed by atoms with Crippen molar-refractivity contribution in [2.45, 2.75) is 58.9 Å². The van der Waals surface area contributed by atoms with E-state index in [1.54, 1.807) is 24.8 Å². The van der Waals surface area contributed by atoms with Gasteiger partial charge in [0.1, 0.15) is 11.5 Å². The van der Waals surface area contributed by atoms with E-state index >= 15 is 0 Å². The van der Waals surface area contributed by atoms with Gasteiger partial charge in [-0.25, -0.2) is 0 Å². The number of likely N-dealkylation sites (tertiary alicyclic amines) is 1. The van der Waals surface area contributed by atoms with Crippen molar-refractivity contribution in [3.8, 4) is 0 Å². The second-order valence-electron chi connectivity index (χ2n) is 7.71. The Morgan fingerprint density at radius 1 is 1.18 bits per heavy atom. The van der Waals surface area contributed by atoms with Crippen LogP contribution in [0, 0.1) is 19.8 Å². The number of nitrogens with zero attached hydrogens (tertiary/aromatic N) is 2. The Labute approximate surface area is 166 Å². The highest BCUT2D eigenvalue weighted by Gasteiger charge is 2.35. The van der Waals surface area contributed by atoms with Crippen LogP contribution in [0.4, 0.5) is 0 Å². The minimum atomic E-state index is -0.161. The van der Waals surface area contributed by atoms with E-state index in [9.17, 15) is 14.4 Å². The normalized spacial score (nSPS) is 17.5. The molecule has 154 valence electrons. The van der Waals surface area contributed by atoms with E-state index in [1.807, 2.05) is 11.8 Å². The van der Waals surface area contributed by atoms with E-state index in [-0.39, 0.29) is 29.7 Å². The molecule has 1 saturated carbocycles. The molecule has 1 aliphatic heterocycles. The van der Waals surface area contributed by atoms with Gasteiger partial charge in [-0.3, -0.25) is 14.4 Å². The van der Waals surface area contributed by atoms with Gasteiger partial charge in [-0.05, 0) is 52.5 Å². The second kappa shape index (κ2) is 8.80. The summed E-state index contributed by atoms with van der Waals surface area (Å²) in [6.45, 7) is 7.37. The highest BCUT2D eigenvalue weighted by molar-refractivity contribution is 5.96. The summed E-state index contributed by atoms with van der Waals surface area (Å²) in [6, 6.07) is 2.00. The molecular weight excluding hydrogens is 360 g/mol. The van der Waals surface area contributed by atoms with E-state index in [4.69, 9.17) is 9.15 Å². The zero-order valence-corrected chi connectivity index (χ0v) is 17.0. The molecule has 1 aliphatic carbocycles. The molecule has 0 bridgehead atoms. The van der Waals surface area contributed by atoms with E-state index in [1.165, 1.54) is 0 Å². The zero-order chi connectivity index (χ0) is 20.3. The predicted molar refractivity (Wildman–Crippen MR) is 103 cm³/mol. The summed E-state index contributed by atoms with van der Waals surface area (Å²) < 4.78 is 10.6. The van der Waals surface area contributed by atoms with Crippen LogP contribution in [0.25, 0.3) is 0 Å². The largest absolute Gasteiger partial charge is 0.466 e. The van der Waals surface area contributed by atoms with Crippen molar-refractivity contribution < 1.29 is 23.5 Å². The Balaban J connectivity index is 1.52. The Morgan fingerprint density at radius 2 is 1.86 bits per heavy atom. The summed E-state index contributed by atoms with van der Waals surface area (Å²) in [7, 11) is 0. The van der Waals surface area contributed by atoms with Crippen LogP contribution in [0.2, 0.25) is 0 Å². The first kappa shape index (κ1) is 20.4. The van der Waals surface area contributed by atoms with E-state index in [2.05, 4.69) is 0 Å². The standard InChI is InChI=1S/C21H30N2O5/c1-4-27-21(26)16-7-10-22(11-8-16)19(24)9-12-23(17-5-6-17)20(25)18-13-14(2)28-15(18)3/h13,16-17H,4-12H2,1-3H3. The third-order valence-electron chi connectivity index (χ3n) is 5.55.